The maximum Gasteiger partial charge on any atom is 0.240 e. The van der Waals surface area contributed by atoms with E-state index < -0.39 is 10.0 Å². The lowest BCUT2D eigenvalue weighted by Crippen LogP contribution is -2.39. The quantitative estimate of drug-likeness (QED) is 0.843. The van der Waals surface area contributed by atoms with E-state index in [1.165, 1.54) is 6.42 Å². The molecule has 0 radical (unpaired) electrons. The van der Waals surface area contributed by atoms with Crippen molar-refractivity contribution in [1.82, 2.24) is 4.72 Å². The standard InChI is InChI=1S/C14H22N2O2S/c1-3-15-12-5-7-13(8-6-12)19(17,18)16-11-14(2)9-4-10-14/h5-8,15-16H,3-4,9-11H2,1-2H3. The molecule has 4 nitrogen and oxygen atoms in total. The molecule has 1 saturated carbocycles. The van der Waals surface area contributed by atoms with Crippen LogP contribution in [0.5, 0.6) is 0 Å². The molecular formula is C14H22N2O2S. The molecular weight excluding hydrogens is 260 g/mol. The van der Waals surface area contributed by atoms with E-state index in [1.807, 2.05) is 6.92 Å². The first-order valence-corrected chi connectivity index (χ1v) is 8.27. The molecule has 0 unspecified atom stereocenters. The summed E-state index contributed by atoms with van der Waals surface area (Å²) in [6.45, 7) is 5.49. The lowest BCUT2D eigenvalue weighted by atomic mass is 9.71. The second kappa shape index (κ2) is 5.51. The number of anilines is 1. The summed E-state index contributed by atoms with van der Waals surface area (Å²) in [5.74, 6) is 0. The number of benzene rings is 1. The lowest BCUT2D eigenvalue weighted by Gasteiger charge is -2.38. The zero-order chi connectivity index (χ0) is 13.9. The van der Waals surface area contributed by atoms with Crippen LogP contribution in [-0.4, -0.2) is 21.5 Å². The van der Waals surface area contributed by atoms with E-state index in [9.17, 15) is 8.42 Å². The van der Waals surface area contributed by atoms with Gasteiger partial charge in [-0.3, -0.25) is 0 Å². The molecule has 1 fully saturated rings. The molecule has 1 aromatic carbocycles. The van der Waals surface area contributed by atoms with Crippen molar-refractivity contribution in [3.05, 3.63) is 24.3 Å². The number of hydrogen-bond donors (Lipinski definition) is 2. The van der Waals surface area contributed by atoms with Crippen LogP contribution < -0.4 is 10.0 Å². The number of hydrogen-bond acceptors (Lipinski definition) is 3. The van der Waals surface area contributed by atoms with Gasteiger partial charge in [-0.1, -0.05) is 13.3 Å². The fourth-order valence-electron chi connectivity index (χ4n) is 2.27. The van der Waals surface area contributed by atoms with E-state index in [-0.39, 0.29) is 5.41 Å². The Morgan fingerprint density at radius 3 is 2.32 bits per heavy atom. The van der Waals surface area contributed by atoms with Gasteiger partial charge in [-0.2, -0.15) is 0 Å². The summed E-state index contributed by atoms with van der Waals surface area (Å²) in [6, 6.07) is 6.87. The first-order chi connectivity index (χ1) is 8.95. The zero-order valence-corrected chi connectivity index (χ0v) is 12.4. The predicted octanol–water partition coefficient (Wildman–Crippen LogP) is 2.59. The minimum Gasteiger partial charge on any atom is -0.385 e. The molecule has 0 amide bonds. The molecule has 0 atom stereocenters. The number of sulfonamides is 1. The van der Waals surface area contributed by atoms with Crippen LogP contribution >= 0.6 is 0 Å². The first-order valence-electron chi connectivity index (χ1n) is 6.79. The summed E-state index contributed by atoms with van der Waals surface area (Å²) in [7, 11) is -3.38. The van der Waals surface area contributed by atoms with E-state index in [0.717, 1.165) is 25.1 Å². The second-order valence-corrected chi connectivity index (χ2v) is 7.31. The monoisotopic (exact) mass is 282 g/mol. The highest BCUT2D eigenvalue weighted by atomic mass is 32.2. The molecule has 5 heteroatoms. The molecule has 0 heterocycles. The molecule has 2 N–H and O–H groups in total. The van der Waals surface area contributed by atoms with Crippen molar-refractivity contribution in [1.29, 1.82) is 0 Å². The van der Waals surface area contributed by atoms with Gasteiger partial charge in [-0.25, -0.2) is 13.1 Å². The summed E-state index contributed by atoms with van der Waals surface area (Å²) in [5, 5.41) is 3.15. The van der Waals surface area contributed by atoms with Crippen LogP contribution in [0.15, 0.2) is 29.2 Å². The summed E-state index contributed by atoms with van der Waals surface area (Å²) in [4.78, 5) is 0.331. The van der Waals surface area contributed by atoms with Crippen molar-refractivity contribution in [2.45, 2.75) is 38.0 Å². The van der Waals surface area contributed by atoms with Crippen molar-refractivity contribution < 1.29 is 8.42 Å². The number of rotatable bonds is 6. The van der Waals surface area contributed by atoms with Crippen LogP contribution in [0, 0.1) is 5.41 Å². The fraction of sp³-hybridized carbons (Fsp3) is 0.571. The van der Waals surface area contributed by atoms with Crippen LogP contribution in [0.25, 0.3) is 0 Å². The Bertz CT molecular complexity index is 519. The van der Waals surface area contributed by atoms with Gasteiger partial charge in [-0.15, -0.1) is 0 Å². The normalized spacial score (nSPS) is 17.8. The molecule has 106 valence electrons. The highest BCUT2D eigenvalue weighted by molar-refractivity contribution is 7.89. The van der Waals surface area contributed by atoms with Crippen molar-refractivity contribution in [3.63, 3.8) is 0 Å². The SMILES string of the molecule is CCNc1ccc(S(=O)(=O)NCC2(C)CCC2)cc1. The van der Waals surface area contributed by atoms with Crippen molar-refractivity contribution in [2.75, 3.05) is 18.4 Å². The smallest absolute Gasteiger partial charge is 0.240 e. The van der Waals surface area contributed by atoms with Gasteiger partial charge in [0.05, 0.1) is 4.90 Å². The Hall–Kier alpha value is -1.07. The molecule has 2 rings (SSSR count). The fourth-order valence-corrected chi connectivity index (χ4v) is 3.47. The van der Waals surface area contributed by atoms with Gasteiger partial charge >= 0.3 is 0 Å². The minimum atomic E-state index is -3.38. The van der Waals surface area contributed by atoms with Gasteiger partial charge < -0.3 is 5.32 Å². The summed E-state index contributed by atoms with van der Waals surface area (Å²) >= 11 is 0. The molecule has 1 aromatic rings. The van der Waals surface area contributed by atoms with E-state index in [0.29, 0.717) is 11.4 Å². The average Bonchev–Trinajstić information content (AvgIpc) is 2.35. The predicted molar refractivity (Wildman–Crippen MR) is 77.8 cm³/mol. The zero-order valence-electron chi connectivity index (χ0n) is 11.6. The van der Waals surface area contributed by atoms with Gasteiger partial charge in [0.15, 0.2) is 0 Å². The highest BCUT2D eigenvalue weighted by Crippen LogP contribution is 2.39. The van der Waals surface area contributed by atoms with Gasteiger partial charge in [0.1, 0.15) is 0 Å². The van der Waals surface area contributed by atoms with Crippen molar-refractivity contribution in [3.8, 4) is 0 Å². The topological polar surface area (TPSA) is 58.2 Å². The van der Waals surface area contributed by atoms with Gasteiger partial charge in [0.2, 0.25) is 10.0 Å². The Kier molecular flexibility index (Phi) is 4.16. The lowest BCUT2D eigenvalue weighted by molar-refractivity contribution is 0.166. The Morgan fingerprint density at radius 2 is 1.84 bits per heavy atom. The second-order valence-electron chi connectivity index (χ2n) is 5.54. The van der Waals surface area contributed by atoms with Gasteiger partial charge in [0, 0.05) is 18.8 Å². The van der Waals surface area contributed by atoms with Crippen LogP contribution in [0.4, 0.5) is 5.69 Å². The highest BCUT2D eigenvalue weighted by Gasteiger charge is 2.32. The van der Waals surface area contributed by atoms with Gasteiger partial charge in [-0.05, 0) is 49.4 Å². The van der Waals surface area contributed by atoms with Crippen LogP contribution in [0.1, 0.15) is 33.1 Å². The van der Waals surface area contributed by atoms with Gasteiger partial charge in [0.25, 0.3) is 0 Å². The molecule has 0 bridgehead atoms. The minimum absolute atomic E-state index is 0.150. The molecule has 0 aliphatic heterocycles. The van der Waals surface area contributed by atoms with E-state index in [2.05, 4.69) is 17.0 Å². The van der Waals surface area contributed by atoms with Crippen LogP contribution in [0.3, 0.4) is 0 Å². The van der Waals surface area contributed by atoms with E-state index in [1.54, 1.807) is 24.3 Å². The molecule has 19 heavy (non-hydrogen) atoms. The summed E-state index contributed by atoms with van der Waals surface area (Å²) in [5.41, 5.74) is 1.09. The molecule has 0 spiro atoms. The third-order valence-corrected chi connectivity index (χ3v) is 5.21. The Morgan fingerprint density at radius 1 is 1.21 bits per heavy atom. The van der Waals surface area contributed by atoms with Crippen molar-refractivity contribution in [2.24, 2.45) is 5.41 Å². The molecule has 0 saturated heterocycles. The van der Waals surface area contributed by atoms with Crippen molar-refractivity contribution >= 4 is 15.7 Å². The average molecular weight is 282 g/mol. The maximum absolute atomic E-state index is 12.2. The molecule has 0 aromatic heterocycles. The summed E-state index contributed by atoms with van der Waals surface area (Å²) < 4.78 is 27.0. The largest absolute Gasteiger partial charge is 0.385 e. The first kappa shape index (κ1) is 14.3. The maximum atomic E-state index is 12.2. The Labute approximate surface area is 115 Å². The van der Waals surface area contributed by atoms with E-state index in [4.69, 9.17) is 0 Å². The van der Waals surface area contributed by atoms with Crippen LogP contribution in [0.2, 0.25) is 0 Å². The number of nitrogens with one attached hydrogen (secondary N) is 2. The third kappa shape index (κ3) is 3.48. The van der Waals surface area contributed by atoms with Crippen LogP contribution in [-0.2, 0) is 10.0 Å². The van der Waals surface area contributed by atoms with E-state index >= 15 is 0 Å². The molecule has 1 aliphatic carbocycles. The molecule has 1 aliphatic rings. The summed E-state index contributed by atoms with van der Waals surface area (Å²) in [6.07, 6.45) is 3.42. The Balaban J connectivity index is 2.02. The third-order valence-electron chi connectivity index (χ3n) is 3.80.